The first-order chi connectivity index (χ1) is 6.75. The van der Waals surface area contributed by atoms with E-state index in [0.717, 1.165) is 19.1 Å². The maximum atomic E-state index is 5.15. The van der Waals surface area contributed by atoms with E-state index in [1.54, 1.807) is 0 Å². The van der Waals surface area contributed by atoms with Gasteiger partial charge < -0.3 is 4.74 Å². The first-order valence-corrected chi connectivity index (χ1v) is 6.02. The highest BCUT2D eigenvalue weighted by Gasteiger charge is 2.18. The van der Waals surface area contributed by atoms with E-state index in [1.165, 1.54) is 21.8 Å². The van der Waals surface area contributed by atoms with Crippen molar-refractivity contribution in [3.63, 3.8) is 0 Å². The van der Waals surface area contributed by atoms with Crippen molar-refractivity contribution in [2.45, 2.75) is 18.7 Å². The molecule has 1 nitrogen and oxygen atoms in total. The first kappa shape index (κ1) is 10.1. The highest BCUT2D eigenvalue weighted by Crippen LogP contribution is 2.25. The largest absolute Gasteiger partial charge is 0.381 e. The molecule has 1 heterocycles. The van der Waals surface area contributed by atoms with Crippen LogP contribution in [0.5, 0.6) is 0 Å². The van der Waals surface area contributed by atoms with Crippen molar-refractivity contribution < 1.29 is 4.74 Å². The van der Waals surface area contributed by atoms with Gasteiger partial charge >= 0.3 is 0 Å². The van der Waals surface area contributed by atoms with Crippen molar-refractivity contribution in [2.24, 2.45) is 5.92 Å². The van der Waals surface area contributed by atoms with Crippen LogP contribution in [-0.4, -0.2) is 19.0 Å². The summed E-state index contributed by atoms with van der Waals surface area (Å²) in [6.45, 7) is 6.24. The fraction of sp³-hybridized carbons (Fsp3) is 0.500. The lowest BCUT2D eigenvalue weighted by Gasteiger charge is -2.25. The Morgan fingerprint density at radius 3 is 2.64 bits per heavy atom. The molecular formula is C12H16OS. The lowest BCUT2D eigenvalue weighted by Crippen LogP contribution is -2.29. The van der Waals surface area contributed by atoms with Gasteiger partial charge in [0, 0.05) is 16.6 Å². The van der Waals surface area contributed by atoms with Crippen LogP contribution >= 0.6 is 11.8 Å². The van der Waals surface area contributed by atoms with E-state index in [-0.39, 0.29) is 0 Å². The predicted molar refractivity (Wildman–Crippen MR) is 60.9 cm³/mol. The van der Waals surface area contributed by atoms with E-state index in [2.05, 4.69) is 32.0 Å². The van der Waals surface area contributed by atoms with E-state index < -0.39 is 0 Å². The Bertz CT molecular complexity index is 318. The molecule has 14 heavy (non-hydrogen) atoms. The fourth-order valence-corrected chi connectivity index (χ4v) is 2.44. The van der Waals surface area contributed by atoms with Crippen LogP contribution in [0.15, 0.2) is 23.1 Å². The third kappa shape index (κ3) is 2.31. The van der Waals surface area contributed by atoms with Gasteiger partial charge in [0.1, 0.15) is 0 Å². The smallest absolute Gasteiger partial charge is 0.0524 e. The first-order valence-electron chi connectivity index (χ1n) is 5.03. The molecule has 76 valence electrons. The molecule has 0 spiro atoms. The molecule has 1 fully saturated rings. The van der Waals surface area contributed by atoms with Crippen molar-refractivity contribution >= 4 is 11.8 Å². The monoisotopic (exact) mass is 208 g/mol. The minimum Gasteiger partial charge on any atom is -0.381 e. The van der Waals surface area contributed by atoms with Crippen molar-refractivity contribution in [1.29, 1.82) is 0 Å². The van der Waals surface area contributed by atoms with E-state index >= 15 is 0 Å². The lowest BCUT2D eigenvalue weighted by molar-refractivity contribution is -0.0196. The lowest BCUT2D eigenvalue weighted by atomic mass is 10.1. The molecule has 2 heteroatoms. The van der Waals surface area contributed by atoms with Crippen LogP contribution in [0.25, 0.3) is 0 Å². The average Bonchev–Trinajstić information content (AvgIpc) is 2.08. The van der Waals surface area contributed by atoms with Gasteiger partial charge in [0.2, 0.25) is 0 Å². The number of aryl methyl sites for hydroxylation is 2. The van der Waals surface area contributed by atoms with Crippen LogP contribution in [0.4, 0.5) is 0 Å². The number of rotatable bonds is 3. The number of benzene rings is 1. The SMILES string of the molecule is Cc1ccc(SCC2COC2)cc1C. The Morgan fingerprint density at radius 2 is 2.07 bits per heavy atom. The second kappa shape index (κ2) is 4.37. The third-order valence-electron chi connectivity index (χ3n) is 2.67. The van der Waals surface area contributed by atoms with Gasteiger partial charge in [-0.1, -0.05) is 6.07 Å². The highest BCUT2D eigenvalue weighted by molar-refractivity contribution is 7.99. The molecule has 0 amide bonds. The van der Waals surface area contributed by atoms with Crippen molar-refractivity contribution in [2.75, 3.05) is 19.0 Å². The summed E-state index contributed by atoms with van der Waals surface area (Å²) in [5.41, 5.74) is 2.76. The Balaban J connectivity index is 1.91. The van der Waals surface area contributed by atoms with Gasteiger partial charge in [-0.05, 0) is 37.1 Å². The minimum atomic E-state index is 0.779. The topological polar surface area (TPSA) is 9.23 Å². The maximum Gasteiger partial charge on any atom is 0.0524 e. The Hall–Kier alpha value is -0.470. The van der Waals surface area contributed by atoms with Crippen LogP contribution in [0.3, 0.4) is 0 Å². The zero-order chi connectivity index (χ0) is 9.97. The molecule has 0 unspecified atom stereocenters. The predicted octanol–water partition coefficient (Wildman–Crippen LogP) is 3.04. The summed E-state index contributed by atoms with van der Waals surface area (Å²) in [6.07, 6.45) is 0. The maximum absolute atomic E-state index is 5.15. The molecule has 1 aliphatic rings. The number of hydrogen-bond donors (Lipinski definition) is 0. The van der Waals surface area contributed by atoms with Gasteiger partial charge in [0.25, 0.3) is 0 Å². The summed E-state index contributed by atoms with van der Waals surface area (Å²) in [4.78, 5) is 1.39. The number of ether oxygens (including phenoxy) is 1. The summed E-state index contributed by atoms with van der Waals surface area (Å²) in [5.74, 6) is 1.98. The molecule has 1 aromatic carbocycles. The summed E-state index contributed by atoms with van der Waals surface area (Å²) in [6, 6.07) is 6.70. The Morgan fingerprint density at radius 1 is 1.29 bits per heavy atom. The second-order valence-corrected chi connectivity index (χ2v) is 5.05. The molecule has 0 radical (unpaired) electrons. The van der Waals surface area contributed by atoms with E-state index in [4.69, 9.17) is 4.74 Å². The summed E-state index contributed by atoms with van der Waals surface area (Å²) in [7, 11) is 0. The van der Waals surface area contributed by atoms with Crippen LogP contribution in [-0.2, 0) is 4.74 Å². The molecule has 1 aliphatic heterocycles. The quantitative estimate of drug-likeness (QED) is 0.706. The molecule has 1 aromatic rings. The van der Waals surface area contributed by atoms with Crippen LogP contribution in [0.2, 0.25) is 0 Å². The van der Waals surface area contributed by atoms with Crippen LogP contribution in [0.1, 0.15) is 11.1 Å². The number of hydrogen-bond acceptors (Lipinski definition) is 2. The van der Waals surface area contributed by atoms with Gasteiger partial charge in [0.05, 0.1) is 13.2 Å². The van der Waals surface area contributed by atoms with E-state index in [0.29, 0.717) is 0 Å². The van der Waals surface area contributed by atoms with Crippen molar-refractivity contribution in [1.82, 2.24) is 0 Å². The zero-order valence-electron chi connectivity index (χ0n) is 8.75. The molecule has 0 N–H and O–H groups in total. The van der Waals surface area contributed by atoms with Gasteiger partial charge in [-0.3, -0.25) is 0 Å². The molecule has 1 saturated heterocycles. The normalized spacial score (nSPS) is 16.7. The standard InChI is InChI=1S/C12H16OS/c1-9-3-4-12(5-10(9)2)14-8-11-6-13-7-11/h3-5,11H,6-8H2,1-2H3. The van der Waals surface area contributed by atoms with E-state index in [9.17, 15) is 0 Å². The van der Waals surface area contributed by atoms with Crippen molar-refractivity contribution in [3.8, 4) is 0 Å². The number of thioether (sulfide) groups is 1. The Labute approximate surface area is 89.9 Å². The van der Waals surface area contributed by atoms with Gasteiger partial charge in [-0.25, -0.2) is 0 Å². The molecule has 0 atom stereocenters. The van der Waals surface area contributed by atoms with Gasteiger partial charge in [-0.2, -0.15) is 0 Å². The molecule has 0 saturated carbocycles. The average molecular weight is 208 g/mol. The summed E-state index contributed by atoms with van der Waals surface area (Å²) >= 11 is 1.95. The molecule has 0 bridgehead atoms. The van der Waals surface area contributed by atoms with Crippen LogP contribution < -0.4 is 0 Å². The highest BCUT2D eigenvalue weighted by atomic mass is 32.2. The second-order valence-electron chi connectivity index (χ2n) is 3.96. The molecule has 0 aliphatic carbocycles. The molecule has 2 rings (SSSR count). The van der Waals surface area contributed by atoms with E-state index in [1.807, 2.05) is 11.8 Å². The van der Waals surface area contributed by atoms with Gasteiger partial charge in [0.15, 0.2) is 0 Å². The summed E-state index contributed by atoms with van der Waals surface area (Å²) < 4.78 is 5.15. The zero-order valence-corrected chi connectivity index (χ0v) is 9.56. The minimum absolute atomic E-state index is 0.779. The third-order valence-corrected chi connectivity index (χ3v) is 3.90. The van der Waals surface area contributed by atoms with Crippen LogP contribution in [0, 0.1) is 19.8 Å². The fourth-order valence-electron chi connectivity index (χ4n) is 1.40. The summed E-state index contributed by atoms with van der Waals surface area (Å²) in [5, 5.41) is 0. The van der Waals surface area contributed by atoms with Gasteiger partial charge in [-0.15, -0.1) is 11.8 Å². The van der Waals surface area contributed by atoms with Crippen molar-refractivity contribution in [3.05, 3.63) is 29.3 Å². The Kier molecular flexibility index (Phi) is 3.14. The molecular weight excluding hydrogens is 192 g/mol. The molecule has 0 aromatic heterocycles.